The Morgan fingerprint density at radius 2 is 2.24 bits per heavy atom. The number of halogens is 1. The van der Waals surface area contributed by atoms with Gasteiger partial charge in [-0.15, -0.1) is 11.3 Å². The summed E-state index contributed by atoms with van der Waals surface area (Å²) in [7, 11) is 0. The van der Waals surface area contributed by atoms with E-state index in [0.717, 1.165) is 18.7 Å². The molecule has 17 heavy (non-hydrogen) atoms. The van der Waals surface area contributed by atoms with Crippen molar-refractivity contribution >= 4 is 28.6 Å². The number of nitrogens with zero attached hydrogens (tertiary/aromatic N) is 1. The fraction of sp³-hybridized carbons (Fsp3) is 0.154. The Balaban J connectivity index is 1.97. The smallest absolute Gasteiger partial charge is 0.0992 e. The molecule has 0 fully saturated rings. The van der Waals surface area contributed by atoms with Gasteiger partial charge in [-0.25, -0.2) is 0 Å². The number of nitrogens with one attached hydrogen (secondary N) is 1. The lowest BCUT2D eigenvalue weighted by molar-refractivity contribution is 1.04. The van der Waals surface area contributed by atoms with Gasteiger partial charge in [0.1, 0.15) is 0 Å². The van der Waals surface area contributed by atoms with Crippen LogP contribution >= 0.6 is 22.9 Å². The summed E-state index contributed by atoms with van der Waals surface area (Å²) in [5.74, 6) is 0. The van der Waals surface area contributed by atoms with Crippen LogP contribution in [0.3, 0.4) is 0 Å². The van der Waals surface area contributed by atoms with E-state index in [1.807, 2.05) is 6.07 Å². The first kappa shape index (κ1) is 12.0. The molecule has 2 rings (SSSR count). The predicted molar refractivity (Wildman–Crippen MR) is 72.7 cm³/mol. The van der Waals surface area contributed by atoms with Gasteiger partial charge in [0.2, 0.25) is 0 Å². The van der Waals surface area contributed by atoms with Gasteiger partial charge in [0.15, 0.2) is 0 Å². The molecule has 0 aliphatic heterocycles. The summed E-state index contributed by atoms with van der Waals surface area (Å²) >= 11 is 7.79. The standard InChI is InChI=1S/C13H11ClN2S/c14-12-4-3-10(9-15)8-13(12)16-6-5-11-2-1-7-17-11/h1-4,7-8,16H,5-6H2. The molecule has 0 saturated carbocycles. The zero-order valence-corrected chi connectivity index (χ0v) is 10.7. The summed E-state index contributed by atoms with van der Waals surface area (Å²) in [4.78, 5) is 1.34. The molecule has 0 aliphatic rings. The highest BCUT2D eigenvalue weighted by molar-refractivity contribution is 7.09. The van der Waals surface area contributed by atoms with Crippen LogP contribution in [0, 0.1) is 11.3 Å². The Bertz CT molecular complexity index is 529. The van der Waals surface area contributed by atoms with E-state index in [-0.39, 0.29) is 0 Å². The second-order valence-corrected chi connectivity index (χ2v) is 5.00. The van der Waals surface area contributed by atoms with Crippen molar-refractivity contribution in [2.75, 3.05) is 11.9 Å². The minimum Gasteiger partial charge on any atom is -0.383 e. The number of hydrogen-bond donors (Lipinski definition) is 1. The Morgan fingerprint density at radius 1 is 1.35 bits per heavy atom. The molecule has 0 radical (unpaired) electrons. The summed E-state index contributed by atoms with van der Waals surface area (Å²) < 4.78 is 0. The lowest BCUT2D eigenvalue weighted by atomic mass is 10.2. The normalized spacial score (nSPS) is 9.88. The minimum absolute atomic E-state index is 0.619. The van der Waals surface area contributed by atoms with Crippen molar-refractivity contribution in [1.29, 1.82) is 5.26 Å². The van der Waals surface area contributed by atoms with Crippen molar-refractivity contribution in [2.24, 2.45) is 0 Å². The second-order valence-electron chi connectivity index (χ2n) is 3.56. The number of rotatable bonds is 4. The van der Waals surface area contributed by atoms with E-state index in [9.17, 15) is 0 Å². The van der Waals surface area contributed by atoms with Crippen LogP contribution < -0.4 is 5.32 Å². The molecular weight excluding hydrogens is 252 g/mol. The van der Waals surface area contributed by atoms with E-state index in [2.05, 4.69) is 22.8 Å². The molecule has 0 aliphatic carbocycles. The summed E-state index contributed by atoms with van der Waals surface area (Å²) in [6.45, 7) is 0.815. The molecule has 1 aromatic carbocycles. The van der Waals surface area contributed by atoms with Gasteiger partial charge in [0, 0.05) is 11.4 Å². The molecule has 86 valence electrons. The maximum Gasteiger partial charge on any atom is 0.0992 e. The lowest BCUT2D eigenvalue weighted by Gasteiger charge is -2.07. The summed E-state index contributed by atoms with van der Waals surface area (Å²) in [6.07, 6.45) is 0.963. The topological polar surface area (TPSA) is 35.8 Å². The average Bonchev–Trinajstić information content (AvgIpc) is 2.84. The number of thiophene rings is 1. The second kappa shape index (κ2) is 5.72. The van der Waals surface area contributed by atoms with Gasteiger partial charge in [-0.1, -0.05) is 17.7 Å². The largest absolute Gasteiger partial charge is 0.383 e. The van der Waals surface area contributed by atoms with Crippen LogP contribution in [-0.4, -0.2) is 6.54 Å². The molecule has 2 nitrogen and oxygen atoms in total. The molecule has 0 saturated heterocycles. The van der Waals surface area contributed by atoms with Crippen molar-refractivity contribution in [3.8, 4) is 6.07 Å². The average molecular weight is 263 g/mol. The maximum atomic E-state index is 8.81. The Kier molecular flexibility index (Phi) is 4.03. The molecule has 1 aromatic heterocycles. The zero-order chi connectivity index (χ0) is 12.1. The SMILES string of the molecule is N#Cc1ccc(Cl)c(NCCc2cccs2)c1. The van der Waals surface area contributed by atoms with Gasteiger partial charge >= 0.3 is 0 Å². The Labute approximate surface area is 109 Å². The van der Waals surface area contributed by atoms with E-state index < -0.39 is 0 Å². The van der Waals surface area contributed by atoms with Crippen molar-refractivity contribution in [1.82, 2.24) is 0 Å². The number of benzene rings is 1. The van der Waals surface area contributed by atoms with Gasteiger partial charge < -0.3 is 5.32 Å². The molecule has 0 amide bonds. The van der Waals surface area contributed by atoms with E-state index in [0.29, 0.717) is 10.6 Å². The highest BCUT2D eigenvalue weighted by atomic mass is 35.5. The quantitative estimate of drug-likeness (QED) is 0.906. The van der Waals surface area contributed by atoms with Gasteiger partial charge in [-0.3, -0.25) is 0 Å². The lowest BCUT2D eigenvalue weighted by Crippen LogP contribution is -2.04. The molecule has 1 N–H and O–H groups in total. The monoisotopic (exact) mass is 262 g/mol. The van der Waals surface area contributed by atoms with E-state index in [1.165, 1.54) is 4.88 Å². The molecular formula is C13H11ClN2S. The first-order chi connectivity index (χ1) is 8.29. The number of anilines is 1. The Morgan fingerprint density at radius 3 is 2.94 bits per heavy atom. The summed E-state index contributed by atoms with van der Waals surface area (Å²) in [5.41, 5.74) is 1.44. The van der Waals surface area contributed by atoms with E-state index in [4.69, 9.17) is 16.9 Å². The molecule has 0 atom stereocenters. The van der Waals surface area contributed by atoms with Crippen molar-refractivity contribution in [3.05, 3.63) is 51.2 Å². The summed E-state index contributed by atoms with van der Waals surface area (Å²) in [6, 6.07) is 11.5. The van der Waals surface area contributed by atoms with Gasteiger partial charge in [0.25, 0.3) is 0 Å². The summed E-state index contributed by atoms with van der Waals surface area (Å²) in [5, 5.41) is 14.8. The van der Waals surface area contributed by atoms with Gasteiger partial charge in [-0.05, 0) is 36.1 Å². The number of hydrogen-bond acceptors (Lipinski definition) is 3. The maximum absolute atomic E-state index is 8.81. The third-order valence-corrected chi connectivity index (χ3v) is 3.63. The third-order valence-electron chi connectivity index (χ3n) is 2.36. The first-order valence-electron chi connectivity index (χ1n) is 5.25. The third kappa shape index (κ3) is 3.23. The Hall–Kier alpha value is -1.50. The van der Waals surface area contributed by atoms with Crippen LogP contribution in [0.15, 0.2) is 35.7 Å². The molecule has 0 spiro atoms. The van der Waals surface area contributed by atoms with Crippen molar-refractivity contribution in [2.45, 2.75) is 6.42 Å². The fourth-order valence-electron chi connectivity index (χ4n) is 1.51. The molecule has 0 bridgehead atoms. The van der Waals surface area contributed by atoms with Crippen LogP contribution in [0.5, 0.6) is 0 Å². The highest BCUT2D eigenvalue weighted by Crippen LogP contribution is 2.22. The van der Waals surface area contributed by atoms with Crippen LogP contribution in [0.1, 0.15) is 10.4 Å². The molecule has 1 heterocycles. The highest BCUT2D eigenvalue weighted by Gasteiger charge is 2.01. The minimum atomic E-state index is 0.619. The molecule has 2 aromatic rings. The fourth-order valence-corrected chi connectivity index (χ4v) is 2.40. The van der Waals surface area contributed by atoms with Crippen molar-refractivity contribution in [3.63, 3.8) is 0 Å². The number of nitriles is 1. The predicted octanol–water partition coefficient (Wildman–Crippen LogP) is 3.93. The molecule has 4 heteroatoms. The van der Waals surface area contributed by atoms with Crippen LogP contribution in [0.25, 0.3) is 0 Å². The van der Waals surface area contributed by atoms with Crippen molar-refractivity contribution < 1.29 is 0 Å². The van der Waals surface area contributed by atoms with Crippen LogP contribution in [-0.2, 0) is 6.42 Å². The molecule has 0 unspecified atom stereocenters. The van der Waals surface area contributed by atoms with Crippen LogP contribution in [0.4, 0.5) is 5.69 Å². The first-order valence-corrected chi connectivity index (χ1v) is 6.51. The van der Waals surface area contributed by atoms with E-state index >= 15 is 0 Å². The van der Waals surface area contributed by atoms with E-state index in [1.54, 1.807) is 29.5 Å². The van der Waals surface area contributed by atoms with Crippen LogP contribution in [0.2, 0.25) is 5.02 Å². The van der Waals surface area contributed by atoms with Gasteiger partial charge in [-0.2, -0.15) is 5.26 Å². The zero-order valence-electron chi connectivity index (χ0n) is 9.11. The van der Waals surface area contributed by atoms with Gasteiger partial charge in [0.05, 0.1) is 22.3 Å².